The molecule has 1 N–H and O–H groups in total. The average Bonchev–Trinajstić information content (AvgIpc) is 2.91. The zero-order chi connectivity index (χ0) is 15.2. The van der Waals surface area contributed by atoms with Gasteiger partial charge in [0.05, 0.1) is 0 Å². The van der Waals surface area contributed by atoms with Crippen LogP contribution in [0.15, 0.2) is 18.2 Å². The number of benzene rings is 1. The van der Waals surface area contributed by atoms with Crippen LogP contribution in [0.3, 0.4) is 0 Å². The summed E-state index contributed by atoms with van der Waals surface area (Å²) in [7, 11) is 0. The third-order valence-corrected chi connectivity index (χ3v) is 4.51. The number of hydrogen-bond donors (Lipinski definition) is 1. The fraction of sp³-hybridized carbons (Fsp3) is 0.667. The molecule has 1 fully saturated rings. The molecule has 0 bridgehead atoms. The largest absolute Gasteiger partial charge is 0.313 e. The minimum atomic E-state index is -0.0674. The lowest BCUT2D eigenvalue weighted by Gasteiger charge is -2.18. The van der Waals surface area contributed by atoms with E-state index in [1.807, 2.05) is 12.1 Å². The third-order valence-electron chi connectivity index (χ3n) is 4.51. The van der Waals surface area contributed by atoms with Gasteiger partial charge in [0.2, 0.25) is 0 Å². The highest BCUT2D eigenvalue weighted by atomic mass is 19.1. The maximum Gasteiger partial charge on any atom is 0.127 e. The molecule has 1 aromatic carbocycles. The Hall–Kier alpha value is -0.930. The maximum absolute atomic E-state index is 14.0. The van der Waals surface area contributed by atoms with Crippen molar-refractivity contribution >= 4 is 0 Å². The number of halogens is 1. The number of nitrogens with one attached hydrogen (secondary N) is 1. The highest BCUT2D eigenvalue weighted by molar-refractivity contribution is 5.25. The Morgan fingerprint density at radius 2 is 2.19 bits per heavy atom. The van der Waals surface area contributed by atoms with Crippen LogP contribution in [0.4, 0.5) is 4.39 Å². The van der Waals surface area contributed by atoms with Crippen molar-refractivity contribution in [1.29, 1.82) is 0 Å². The predicted octanol–water partition coefficient (Wildman–Crippen LogP) is 3.80. The van der Waals surface area contributed by atoms with Crippen molar-refractivity contribution in [2.75, 3.05) is 19.6 Å². The lowest BCUT2D eigenvalue weighted by atomic mass is 9.95. The summed E-state index contributed by atoms with van der Waals surface area (Å²) in [4.78, 5) is 2.40. The predicted molar refractivity (Wildman–Crippen MR) is 86.6 cm³/mol. The molecule has 2 rings (SSSR count). The first-order chi connectivity index (χ1) is 10.1. The van der Waals surface area contributed by atoms with Crippen LogP contribution in [0.25, 0.3) is 0 Å². The van der Waals surface area contributed by atoms with Crippen molar-refractivity contribution < 1.29 is 4.39 Å². The van der Waals surface area contributed by atoms with Gasteiger partial charge >= 0.3 is 0 Å². The SMILES string of the molecule is CCCNCc1ccc(F)c(CN2CCC(C(C)C)C2)c1. The van der Waals surface area contributed by atoms with Gasteiger partial charge in [-0.3, -0.25) is 4.90 Å². The summed E-state index contributed by atoms with van der Waals surface area (Å²) in [5, 5.41) is 3.38. The van der Waals surface area contributed by atoms with Crippen LogP contribution in [0.1, 0.15) is 44.7 Å². The van der Waals surface area contributed by atoms with Gasteiger partial charge in [-0.2, -0.15) is 0 Å². The first kappa shape index (κ1) is 16.4. The maximum atomic E-state index is 14.0. The van der Waals surface area contributed by atoms with Crippen molar-refractivity contribution in [2.24, 2.45) is 11.8 Å². The van der Waals surface area contributed by atoms with Crippen LogP contribution in [-0.4, -0.2) is 24.5 Å². The second-order valence-corrected chi connectivity index (χ2v) is 6.63. The van der Waals surface area contributed by atoms with Gasteiger partial charge in [0.1, 0.15) is 5.82 Å². The Labute approximate surface area is 128 Å². The van der Waals surface area contributed by atoms with Crippen LogP contribution >= 0.6 is 0 Å². The summed E-state index contributed by atoms with van der Waals surface area (Å²) in [5.41, 5.74) is 2.02. The van der Waals surface area contributed by atoms with E-state index in [1.165, 1.54) is 12.0 Å². The van der Waals surface area contributed by atoms with Gasteiger partial charge < -0.3 is 5.32 Å². The Kier molecular flexibility index (Phi) is 6.19. The van der Waals surface area contributed by atoms with Crippen LogP contribution in [0, 0.1) is 17.7 Å². The van der Waals surface area contributed by atoms with E-state index in [0.717, 1.165) is 56.5 Å². The molecule has 1 aromatic rings. The van der Waals surface area contributed by atoms with E-state index in [2.05, 4.69) is 31.0 Å². The van der Waals surface area contributed by atoms with Gasteiger partial charge in [0.25, 0.3) is 0 Å². The monoisotopic (exact) mass is 292 g/mol. The fourth-order valence-electron chi connectivity index (χ4n) is 3.06. The minimum Gasteiger partial charge on any atom is -0.313 e. The summed E-state index contributed by atoms with van der Waals surface area (Å²) in [6.45, 7) is 11.5. The van der Waals surface area contributed by atoms with Gasteiger partial charge in [-0.15, -0.1) is 0 Å². The summed E-state index contributed by atoms with van der Waals surface area (Å²) in [6.07, 6.45) is 2.37. The molecule has 0 amide bonds. The zero-order valence-corrected chi connectivity index (χ0v) is 13.7. The quantitative estimate of drug-likeness (QED) is 0.769. The Morgan fingerprint density at radius 3 is 2.86 bits per heavy atom. The number of nitrogens with zero attached hydrogens (tertiary/aromatic N) is 1. The molecule has 21 heavy (non-hydrogen) atoms. The third kappa shape index (κ3) is 4.79. The standard InChI is InChI=1S/C18H29FN2/c1-4-8-20-11-15-5-6-18(19)17(10-15)13-21-9-7-16(12-21)14(2)3/h5-6,10,14,16,20H,4,7-9,11-13H2,1-3H3. The summed E-state index contributed by atoms with van der Waals surface area (Å²) in [5.74, 6) is 1.43. The van der Waals surface area contributed by atoms with Gasteiger partial charge in [-0.1, -0.05) is 32.9 Å². The first-order valence-corrected chi connectivity index (χ1v) is 8.30. The van der Waals surface area contributed by atoms with Crippen LogP contribution < -0.4 is 5.32 Å². The van der Waals surface area contributed by atoms with E-state index in [1.54, 1.807) is 6.07 Å². The normalized spacial score (nSPS) is 19.6. The Morgan fingerprint density at radius 1 is 1.38 bits per heavy atom. The summed E-state index contributed by atoms with van der Waals surface area (Å²) in [6, 6.07) is 5.54. The van der Waals surface area contributed by atoms with Crippen molar-refractivity contribution in [3.63, 3.8) is 0 Å². The summed E-state index contributed by atoms with van der Waals surface area (Å²) < 4.78 is 14.0. The molecule has 0 saturated carbocycles. The molecule has 1 aliphatic rings. The average molecular weight is 292 g/mol. The Balaban J connectivity index is 1.94. The van der Waals surface area contributed by atoms with E-state index >= 15 is 0 Å². The molecular formula is C18H29FN2. The molecule has 118 valence electrons. The number of rotatable bonds is 7. The Bertz CT molecular complexity index is 445. The molecule has 2 nitrogen and oxygen atoms in total. The second kappa shape index (κ2) is 7.90. The fourth-order valence-corrected chi connectivity index (χ4v) is 3.06. The van der Waals surface area contributed by atoms with Crippen molar-refractivity contribution in [3.05, 3.63) is 35.1 Å². The van der Waals surface area contributed by atoms with Crippen molar-refractivity contribution in [3.8, 4) is 0 Å². The van der Waals surface area contributed by atoms with Crippen molar-refractivity contribution in [2.45, 2.75) is 46.7 Å². The molecule has 3 heteroatoms. The first-order valence-electron chi connectivity index (χ1n) is 8.30. The van der Waals surface area contributed by atoms with Crippen molar-refractivity contribution in [1.82, 2.24) is 10.2 Å². The highest BCUT2D eigenvalue weighted by Crippen LogP contribution is 2.25. The minimum absolute atomic E-state index is 0.0674. The highest BCUT2D eigenvalue weighted by Gasteiger charge is 2.25. The van der Waals surface area contributed by atoms with Crippen LogP contribution in [0.5, 0.6) is 0 Å². The van der Waals surface area contributed by atoms with Crippen LogP contribution in [-0.2, 0) is 13.1 Å². The molecule has 1 unspecified atom stereocenters. The molecule has 1 saturated heterocycles. The molecule has 0 aliphatic carbocycles. The summed E-state index contributed by atoms with van der Waals surface area (Å²) >= 11 is 0. The van der Waals surface area contributed by atoms with Gasteiger partial charge in [-0.25, -0.2) is 4.39 Å². The number of hydrogen-bond acceptors (Lipinski definition) is 2. The molecule has 1 aliphatic heterocycles. The molecule has 0 spiro atoms. The van der Waals surface area contributed by atoms with E-state index in [9.17, 15) is 4.39 Å². The van der Waals surface area contributed by atoms with E-state index in [0.29, 0.717) is 0 Å². The van der Waals surface area contributed by atoms with Gasteiger partial charge in [0, 0.05) is 25.2 Å². The smallest absolute Gasteiger partial charge is 0.127 e. The van der Waals surface area contributed by atoms with E-state index in [-0.39, 0.29) is 5.82 Å². The zero-order valence-electron chi connectivity index (χ0n) is 13.7. The molecule has 1 heterocycles. The van der Waals surface area contributed by atoms with Gasteiger partial charge in [0.15, 0.2) is 0 Å². The van der Waals surface area contributed by atoms with Crippen LogP contribution in [0.2, 0.25) is 0 Å². The van der Waals surface area contributed by atoms with Gasteiger partial charge in [-0.05, 0) is 49.4 Å². The molecule has 1 atom stereocenters. The second-order valence-electron chi connectivity index (χ2n) is 6.63. The lowest BCUT2D eigenvalue weighted by molar-refractivity contribution is 0.293. The number of likely N-dealkylation sites (tertiary alicyclic amines) is 1. The molecule has 0 radical (unpaired) electrons. The topological polar surface area (TPSA) is 15.3 Å². The lowest BCUT2D eigenvalue weighted by Crippen LogP contribution is -2.22. The van der Waals surface area contributed by atoms with E-state index < -0.39 is 0 Å². The molecule has 0 aromatic heterocycles. The van der Waals surface area contributed by atoms with E-state index in [4.69, 9.17) is 0 Å². The molecular weight excluding hydrogens is 263 g/mol.